The van der Waals surface area contributed by atoms with Crippen molar-refractivity contribution >= 4 is 17.3 Å². The summed E-state index contributed by atoms with van der Waals surface area (Å²) in [6.07, 6.45) is 4.14. The smallest absolute Gasteiger partial charge is 0.191 e. The fraction of sp³-hybridized carbons (Fsp3) is 0.706. The van der Waals surface area contributed by atoms with E-state index in [1.165, 1.54) is 43.8 Å². The van der Waals surface area contributed by atoms with Crippen LogP contribution >= 0.6 is 11.3 Å². The van der Waals surface area contributed by atoms with Gasteiger partial charge in [-0.25, -0.2) is 4.99 Å². The molecule has 0 aromatic carbocycles. The summed E-state index contributed by atoms with van der Waals surface area (Å²) in [5.74, 6) is 1.57. The van der Waals surface area contributed by atoms with Crippen molar-refractivity contribution in [1.82, 2.24) is 15.5 Å². The maximum absolute atomic E-state index is 4.67. The molecule has 1 fully saturated rings. The molecule has 1 aliphatic heterocycles. The largest absolute Gasteiger partial charge is 0.357 e. The first kappa shape index (κ1) is 17.3. The minimum Gasteiger partial charge on any atom is -0.357 e. The van der Waals surface area contributed by atoms with Crippen LogP contribution in [0.25, 0.3) is 0 Å². The lowest BCUT2D eigenvalue weighted by Gasteiger charge is -2.29. The Morgan fingerprint density at radius 3 is 2.82 bits per heavy atom. The highest BCUT2D eigenvalue weighted by atomic mass is 32.1. The van der Waals surface area contributed by atoms with E-state index in [0.717, 1.165) is 25.6 Å². The van der Waals surface area contributed by atoms with Crippen LogP contribution < -0.4 is 10.6 Å². The molecule has 2 N–H and O–H groups in total. The van der Waals surface area contributed by atoms with Crippen molar-refractivity contribution < 1.29 is 0 Å². The molecular weight excluding hydrogens is 292 g/mol. The lowest BCUT2D eigenvalue weighted by molar-refractivity contribution is 0.201. The van der Waals surface area contributed by atoms with Crippen molar-refractivity contribution in [3.05, 3.63) is 22.4 Å². The second-order valence-corrected chi connectivity index (χ2v) is 7.15. The summed E-state index contributed by atoms with van der Waals surface area (Å²) in [5.41, 5.74) is 0. The molecule has 0 amide bonds. The molecule has 2 rings (SSSR count). The van der Waals surface area contributed by atoms with Gasteiger partial charge in [-0.2, -0.15) is 0 Å². The minimum atomic E-state index is 0.642. The van der Waals surface area contributed by atoms with E-state index in [0.29, 0.717) is 5.92 Å². The van der Waals surface area contributed by atoms with Crippen molar-refractivity contribution in [3.8, 4) is 0 Å². The number of aliphatic imine (C=N–C) groups is 1. The summed E-state index contributed by atoms with van der Waals surface area (Å²) >= 11 is 1.76. The fourth-order valence-electron chi connectivity index (χ4n) is 2.82. The molecule has 0 saturated carbocycles. The van der Waals surface area contributed by atoms with Gasteiger partial charge in [0.1, 0.15) is 0 Å². The van der Waals surface area contributed by atoms with Gasteiger partial charge in [-0.1, -0.05) is 19.4 Å². The lowest BCUT2D eigenvalue weighted by atomic mass is 10.1. The molecule has 1 unspecified atom stereocenters. The third kappa shape index (κ3) is 6.36. The van der Waals surface area contributed by atoms with Gasteiger partial charge in [-0.3, -0.25) is 0 Å². The molecule has 0 aliphatic carbocycles. The Kier molecular flexibility index (Phi) is 7.74. The van der Waals surface area contributed by atoms with E-state index in [1.807, 2.05) is 0 Å². The topological polar surface area (TPSA) is 39.7 Å². The Bertz CT molecular complexity index is 424. The number of nitrogens with one attached hydrogen (secondary N) is 2. The van der Waals surface area contributed by atoms with Crippen molar-refractivity contribution in [2.24, 2.45) is 10.9 Å². The molecule has 1 aromatic rings. The van der Waals surface area contributed by atoms with Crippen LogP contribution in [0.1, 0.15) is 38.0 Å². The summed E-state index contributed by atoms with van der Waals surface area (Å²) in [4.78, 5) is 8.57. The zero-order chi connectivity index (χ0) is 15.6. The lowest BCUT2D eigenvalue weighted by Crippen LogP contribution is -2.42. The van der Waals surface area contributed by atoms with Crippen molar-refractivity contribution in [1.29, 1.82) is 0 Å². The highest BCUT2D eigenvalue weighted by Gasteiger charge is 2.13. The van der Waals surface area contributed by atoms with Crippen LogP contribution in [0.3, 0.4) is 0 Å². The monoisotopic (exact) mass is 322 g/mol. The number of hydrogen-bond donors (Lipinski definition) is 2. The van der Waals surface area contributed by atoms with Gasteiger partial charge in [0.15, 0.2) is 5.96 Å². The second kappa shape index (κ2) is 9.85. The first-order chi connectivity index (χ1) is 10.8. The molecule has 2 heterocycles. The van der Waals surface area contributed by atoms with Gasteiger partial charge in [-0.05, 0) is 50.2 Å². The van der Waals surface area contributed by atoms with Gasteiger partial charge in [0.2, 0.25) is 0 Å². The molecule has 1 saturated heterocycles. The maximum atomic E-state index is 4.67. The van der Waals surface area contributed by atoms with E-state index < -0.39 is 0 Å². The average Bonchev–Trinajstić information content (AvgIpc) is 3.04. The SMILES string of the molecule is CCNC(=NCc1cccs1)NCC(C)CN1CCCCC1. The van der Waals surface area contributed by atoms with Gasteiger partial charge in [0, 0.05) is 24.5 Å². The zero-order valence-electron chi connectivity index (χ0n) is 14.0. The average molecular weight is 323 g/mol. The number of thiophene rings is 1. The predicted octanol–water partition coefficient (Wildman–Crippen LogP) is 2.93. The van der Waals surface area contributed by atoms with Crippen molar-refractivity contribution in [3.63, 3.8) is 0 Å². The molecule has 0 spiro atoms. The normalized spacial score (nSPS) is 18.2. The summed E-state index contributed by atoms with van der Waals surface area (Å²) in [6.45, 7) is 10.8. The molecule has 0 bridgehead atoms. The Morgan fingerprint density at radius 1 is 1.32 bits per heavy atom. The third-order valence-corrected chi connectivity index (χ3v) is 4.82. The van der Waals surface area contributed by atoms with Gasteiger partial charge in [0.25, 0.3) is 0 Å². The van der Waals surface area contributed by atoms with Crippen LogP contribution in [0.2, 0.25) is 0 Å². The van der Waals surface area contributed by atoms with E-state index in [2.05, 4.69) is 51.9 Å². The van der Waals surface area contributed by atoms with E-state index in [-0.39, 0.29) is 0 Å². The maximum Gasteiger partial charge on any atom is 0.191 e. The molecule has 1 aromatic heterocycles. The van der Waals surface area contributed by atoms with E-state index in [9.17, 15) is 0 Å². The van der Waals surface area contributed by atoms with Crippen LogP contribution in [0.5, 0.6) is 0 Å². The van der Waals surface area contributed by atoms with Crippen LogP contribution in [0.4, 0.5) is 0 Å². The molecule has 4 nitrogen and oxygen atoms in total. The fourth-order valence-corrected chi connectivity index (χ4v) is 3.45. The van der Waals surface area contributed by atoms with E-state index >= 15 is 0 Å². The Balaban J connectivity index is 1.73. The van der Waals surface area contributed by atoms with Crippen LogP contribution in [-0.4, -0.2) is 43.6 Å². The summed E-state index contributed by atoms with van der Waals surface area (Å²) < 4.78 is 0. The predicted molar refractivity (Wildman–Crippen MR) is 96.6 cm³/mol. The first-order valence-electron chi connectivity index (χ1n) is 8.55. The Labute approximate surface area is 139 Å². The van der Waals surface area contributed by atoms with E-state index in [4.69, 9.17) is 0 Å². The number of likely N-dealkylation sites (tertiary alicyclic amines) is 1. The highest BCUT2D eigenvalue weighted by Crippen LogP contribution is 2.11. The Hall–Kier alpha value is -1.07. The first-order valence-corrected chi connectivity index (χ1v) is 9.42. The number of hydrogen-bond acceptors (Lipinski definition) is 3. The van der Waals surface area contributed by atoms with Crippen LogP contribution in [0.15, 0.2) is 22.5 Å². The van der Waals surface area contributed by atoms with E-state index in [1.54, 1.807) is 11.3 Å². The zero-order valence-corrected chi connectivity index (χ0v) is 14.8. The van der Waals surface area contributed by atoms with Gasteiger partial charge >= 0.3 is 0 Å². The standard InChI is InChI=1S/C17H30N4S/c1-3-18-17(20-13-16-8-7-11-22-16)19-12-15(2)14-21-9-5-4-6-10-21/h7-8,11,15H,3-6,9-10,12-14H2,1-2H3,(H2,18,19,20). The van der Waals surface area contributed by atoms with Gasteiger partial charge in [-0.15, -0.1) is 11.3 Å². The third-order valence-electron chi connectivity index (χ3n) is 3.95. The Morgan fingerprint density at radius 2 is 2.14 bits per heavy atom. The molecule has 1 atom stereocenters. The minimum absolute atomic E-state index is 0.642. The molecule has 124 valence electrons. The number of nitrogens with zero attached hydrogens (tertiary/aromatic N) is 2. The molecule has 0 radical (unpaired) electrons. The van der Waals surface area contributed by atoms with Crippen molar-refractivity contribution in [2.45, 2.75) is 39.7 Å². The highest BCUT2D eigenvalue weighted by molar-refractivity contribution is 7.09. The molecule has 1 aliphatic rings. The summed E-state index contributed by atoms with van der Waals surface area (Å²) in [7, 11) is 0. The molecule has 5 heteroatoms. The number of piperidine rings is 1. The van der Waals surface area contributed by atoms with Crippen LogP contribution in [0, 0.1) is 5.92 Å². The van der Waals surface area contributed by atoms with Crippen molar-refractivity contribution in [2.75, 3.05) is 32.7 Å². The van der Waals surface area contributed by atoms with Crippen LogP contribution in [-0.2, 0) is 6.54 Å². The number of guanidine groups is 1. The molecular formula is C17H30N4S. The quantitative estimate of drug-likeness (QED) is 0.599. The van der Waals surface area contributed by atoms with Gasteiger partial charge in [0.05, 0.1) is 6.54 Å². The summed E-state index contributed by atoms with van der Waals surface area (Å²) in [5, 5.41) is 8.93. The second-order valence-electron chi connectivity index (χ2n) is 6.12. The van der Waals surface area contributed by atoms with Gasteiger partial charge < -0.3 is 15.5 Å². The number of rotatable bonds is 7. The summed E-state index contributed by atoms with van der Waals surface area (Å²) in [6, 6.07) is 4.22. The molecule has 22 heavy (non-hydrogen) atoms.